The van der Waals surface area contributed by atoms with Crippen LogP contribution in [0.25, 0.3) is 5.32 Å². The molecule has 6 nitrogen and oxygen atoms in total. The van der Waals surface area contributed by atoms with Gasteiger partial charge in [0.1, 0.15) is 11.5 Å². The predicted molar refractivity (Wildman–Crippen MR) is 127 cm³/mol. The Morgan fingerprint density at radius 3 is 1.81 bits per heavy atom. The third-order valence-electron chi connectivity index (χ3n) is 4.36. The van der Waals surface area contributed by atoms with Crippen LogP contribution >= 0.6 is 7.92 Å². The largest absolute Gasteiger partial charge is 2.00 e. The van der Waals surface area contributed by atoms with Crippen molar-refractivity contribution in [1.29, 1.82) is 0 Å². The smallest absolute Gasteiger partial charge is 0.621 e. The number of hydrogen-bond donors (Lipinski definition) is 0. The van der Waals surface area contributed by atoms with Crippen LogP contribution in [0.2, 0.25) is 0 Å². The molecule has 0 N–H and O–H groups in total. The van der Waals surface area contributed by atoms with Gasteiger partial charge in [-0.15, -0.1) is 0 Å². The molecule has 1 rings (SSSR count). The van der Waals surface area contributed by atoms with Crippen LogP contribution in [0.3, 0.4) is 0 Å². The molecule has 180 valence electrons. The molecule has 1 amide bonds. The summed E-state index contributed by atoms with van der Waals surface area (Å²) in [5.74, 6) is 1.61. The first kappa shape index (κ1) is 31.7. The maximum atomic E-state index is 12.5. The van der Waals surface area contributed by atoms with Gasteiger partial charge in [0.2, 0.25) is 0 Å². The summed E-state index contributed by atoms with van der Waals surface area (Å²) in [6.45, 7) is 16.7. The molecule has 8 heteroatoms. The first-order chi connectivity index (χ1) is 13.7. The molecular formula is C23H39NNiO5P+. The van der Waals surface area contributed by atoms with E-state index in [9.17, 15) is 9.59 Å². The number of methoxy groups -OCH3 is 3. The SMILES string of the molecule is COC(=O)[C-](C)C.COc1ccc([N-]C(=O)C[PH+](C(C)(C)C)C(C)(C)C)c(OC)c1.[Ni+2]. The van der Waals surface area contributed by atoms with Gasteiger partial charge in [-0.1, -0.05) is 11.8 Å². The van der Waals surface area contributed by atoms with Crippen molar-refractivity contribution in [2.45, 2.75) is 65.7 Å². The van der Waals surface area contributed by atoms with Crippen molar-refractivity contribution in [3.8, 4) is 11.5 Å². The number of amides is 1. The van der Waals surface area contributed by atoms with E-state index in [0.717, 1.165) is 0 Å². The van der Waals surface area contributed by atoms with Gasteiger partial charge in [-0.3, -0.25) is 10.7 Å². The molecule has 1 aromatic carbocycles. The Kier molecular flexibility index (Phi) is 14.2. The van der Waals surface area contributed by atoms with Crippen LogP contribution in [0.1, 0.15) is 55.4 Å². The van der Waals surface area contributed by atoms with Crippen LogP contribution < -0.4 is 9.47 Å². The maximum absolute atomic E-state index is 12.5. The molecule has 0 spiro atoms. The normalized spacial score (nSPS) is 10.8. The minimum Gasteiger partial charge on any atom is -0.621 e. The number of hydrogen-bond acceptors (Lipinski definition) is 5. The van der Waals surface area contributed by atoms with Crippen molar-refractivity contribution < 1.29 is 40.3 Å². The number of ether oxygens (including phenoxy) is 3. The predicted octanol–water partition coefficient (Wildman–Crippen LogP) is 5.82. The number of carbonyl (C=O) groups is 2. The van der Waals surface area contributed by atoms with Crippen molar-refractivity contribution in [2.75, 3.05) is 27.5 Å². The summed E-state index contributed by atoms with van der Waals surface area (Å²) in [6, 6.07) is 5.29. The number of esters is 1. The average Bonchev–Trinajstić information content (AvgIpc) is 2.64. The standard InChI is InChI=1S/C18H30NO3P.C5H9O2.Ni/c1-17(2,3)23(18(4,5)6)12-16(20)19-14-10-9-13(21-7)11-15(14)22-8;1-4(2)5(6)7-3;/h9-11H,12H2,1-8H3,(H,19,20);1-3H3;/q;-1;+2. The fourth-order valence-corrected chi connectivity index (χ4v) is 6.75. The quantitative estimate of drug-likeness (QED) is 0.214. The molecule has 0 atom stereocenters. The summed E-state index contributed by atoms with van der Waals surface area (Å²) >= 11 is 0. The van der Waals surface area contributed by atoms with Crippen molar-refractivity contribution in [2.24, 2.45) is 0 Å². The van der Waals surface area contributed by atoms with Gasteiger partial charge in [0.25, 0.3) is 0 Å². The van der Waals surface area contributed by atoms with Crippen molar-refractivity contribution >= 4 is 25.5 Å². The van der Waals surface area contributed by atoms with Crippen LogP contribution in [0, 0.1) is 5.92 Å². The molecule has 0 heterocycles. The van der Waals surface area contributed by atoms with Crippen LogP contribution in [0.5, 0.6) is 11.5 Å². The zero-order valence-electron chi connectivity index (χ0n) is 20.7. The van der Waals surface area contributed by atoms with Gasteiger partial charge in [0.05, 0.1) is 43.7 Å². The summed E-state index contributed by atoms with van der Waals surface area (Å²) in [5, 5.41) is 4.55. The molecule has 1 aromatic rings. The number of nitrogens with zero attached hydrogens (tertiary/aromatic N) is 1. The molecule has 0 saturated carbocycles. The zero-order valence-corrected chi connectivity index (χ0v) is 22.7. The number of carbonyl (C=O) groups excluding carboxylic acids is 2. The van der Waals surface area contributed by atoms with E-state index in [0.29, 0.717) is 29.3 Å². The third-order valence-corrected chi connectivity index (χ3v) is 8.64. The van der Waals surface area contributed by atoms with Crippen molar-refractivity contribution in [3.63, 3.8) is 0 Å². The van der Waals surface area contributed by atoms with Gasteiger partial charge in [-0.25, -0.2) is 0 Å². The summed E-state index contributed by atoms with van der Waals surface area (Å²) in [5.41, 5.74) is 0.558. The molecule has 0 aliphatic rings. The third kappa shape index (κ3) is 11.7. The molecule has 0 fully saturated rings. The van der Waals surface area contributed by atoms with Gasteiger partial charge in [-0.2, -0.15) is 13.8 Å². The Morgan fingerprint density at radius 2 is 1.48 bits per heavy atom. The molecule has 0 bridgehead atoms. The van der Waals surface area contributed by atoms with Crippen LogP contribution in [0.15, 0.2) is 18.2 Å². The van der Waals surface area contributed by atoms with Crippen LogP contribution in [-0.4, -0.2) is 49.7 Å². The van der Waals surface area contributed by atoms with Gasteiger partial charge in [0.15, 0.2) is 5.97 Å². The van der Waals surface area contributed by atoms with Gasteiger partial charge < -0.3 is 24.3 Å². The van der Waals surface area contributed by atoms with Gasteiger partial charge in [0, 0.05) is 14.0 Å². The van der Waals surface area contributed by atoms with E-state index in [2.05, 4.69) is 51.6 Å². The van der Waals surface area contributed by atoms with Gasteiger partial charge >= 0.3 is 16.5 Å². The molecule has 0 aliphatic heterocycles. The molecule has 0 aliphatic carbocycles. The average molecular weight is 499 g/mol. The number of rotatable bonds is 6. The Hall–Kier alpha value is -1.45. The van der Waals surface area contributed by atoms with Gasteiger partial charge in [-0.05, 0) is 47.6 Å². The number of benzene rings is 1. The fourth-order valence-electron chi connectivity index (χ4n) is 3.06. The Balaban J connectivity index is 0. The molecule has 31 heavy (non-hydrogen) atoms. The monoisotopic (exact) mass is 498 g/mol. The molecule has 0 radical (unpaired) electrons. The van der Waals surface area contributed by atoms with Crippen LogP contribution in [0.4, 0.5) is 5.69 Å². The first-order valence-electron chi connectivity index (χ1n) is 9.89. The van der Waals surface area contributed by atoms with E-state index in [4.69, 9.17) is 9.47 Å². The summed E-state index contributed by atoms with van der Waals surface area (Å²) in [6.07, 6.45) is 0.521. The second-order valence-electron chi connectivity index (χ2n) is 9.19. The second kappa shape index (κ2) is 13.9. The minimum atomic E-state index is -0.935. The molecular weight excluding hydrogens is 460 g/mol. The topological polar surface area (TPSA) is 75.9 Å². The fraction of sp³-hybridized carbons (Fsp3) is 0.609. The van der Waals surface area contributed by atoms with E-state index >= 15 is 0 Å². The van der Waals surface area contributed by atoms with E-state index in [1.165, 1.54) is 7.11 Å². The summed E-state index contributed by atoms with van der Waals surface area (Å²) in [4.78, 5) is 22.8. The minimum absolute atomic E-state index is 0. The van der Waals surface area contributed by atoms with E-state index < -0.39 is 7.92 Å². The molecule has 0 aromatic heterocycles. The van der Waals surface area contributed by atoms with E-state index in [1.807, 2.05) is 0 Å². The Labute approximate surface area is 199 Å². The van der Waals surface area contributed by atoms with Crippen molar-refractivity contribution in [1.82, 2.24) is 0 Å². The second-order valence-corrected chi connectivity index (χ2v) is 13.5. The molecule has 0 unspecified atom stereocenters. The van der Waals surface area contributed by atoms with E-state index in [1.54, 1.807) is 46.3 Å². The Bertz CT molecular complexity index is 682. The molecule has 0 saturated heterocycles. The van der Waals surface area contributed by atoms with Crippen LogP contribution in [-0.2, 0) is 30.8 Å². The summed E-state index contributed by atoms with van der Waals surface area (Å²) < 4.78 is 14.8. The first-order valence-corrected chi connectivity index (χ1v) is 11.6. The summed E-state index contributed by atoms with van der Waals surface area (Å²) in [7, 11) is 3.60. The maximum Gasteiger partial charge on any atom is 2.00 e. The zero-order chi connectivity index (χ0) is 23.7. The van der Waals surface area contributed by atoms with Crippen molar-refractivity contribution in [3.05, 3.63) is 29.4 Å². The van der Waals surface area contributed by atoms with E-state index in [-0.39, 0.29) is 38.7 Å². The Morgan fingerprint density at radius 1 is 0.968 bits per heavy atom.